The SMILES string of the molecule is NCCc1ccc2c(c1)C1(CCN(C(=O)c3ccc(C#Cc4ccccc4)o3)CC1)CO2. The summed E-state index contributed by atoms with van der Waals surface area (Å²) in [6.07, 6.45) is 2.61. The Hall–Kier alpha value is -3.49. The molecule has 0 aliphatic carbocycles. The molecule has 0 unspecified atom stereocenters. The number of carbonyl (C=O) groups excluding carboxylic acids is 1. The summed E-state index contributed by atoms with van der Waals surface area (Å²) in [6, 6.07) is 19.6. The number of hydrogen-bond acceptors (Lipinski definition) is 4. The largest absolute Gasteiger partial charge is 0.492 e. The average molecular weight is 427 g/mol. The first kappa shape index (κ1) is 20.4. The lowest BCUT2D eigenvalue weighted by Crippen LogP contribution is -2.46. The van der Waals surface area contributed by atoms with Crippen LogP contribution in [0, 0.1) is 11.8 Å². The van der Waals surface area contributed by atoms with E-state index in [9.17, 15) is 4.79 Å². The highest BCUT2D eigenvalue weighted by Gasteiger charge is 2.44. The Balaban J connectivity index is 1.26. The number of carbonyl (C=O) groups is 1. The minimum atomic E-state index is -0.0800. The maximum Gasteiger partial charge on any atom is 0.289 e. The molecule has 2 aromatic carbocycles. The van der Waals surface area contributed by atoms with Gasteiger partial charge in [-0.15, -0.1) is 0 Å². The zero-order valence-corrected chi connectivity index (χ0v) is 18.0. The molecule has 5 nitrogen and oxygen atoms in total. The van der Waals surface area contributed by atoms with Crippen LogP contribution in [0.1, 0.15) is 45.8 Å². The van der Waals surface area contributed by atoms with Crippen molar-refractivity contribution in [2.45, 2.75) is 24.7 Å². The van der Waals surface area contributed by atoms with Crippen molar-refractivity contribution in [1.82, 2.24) is 4.90 Å². The lowest BCUT2D eigenvalue weighted by atomic mass is 9.74. The zero-order valence-electron chi connectivity index (χ0n) is 18.0. The van der Waals surface area contributed by atoms with Gasteiger partial charge in [0, 0.05) is 29.6 Å². The van der Waals surface area contributed by atoms with E-state index in [0.717, 1.165) is 30.6 Å². The van der Waals surface area contributed by atoms with Gasteiger partial charge >= 0.3 is 0 Å². The third-order valence-corrected chi connectivity index (χ3v) is 6.48. The van der Waals surface area contributed by atoms with Crippen molar-refractivity contribution in [2.24, 2.45) is 5.73 Å². The highest BCUT2D eigenvalue weighted by Crippen LogP contribution is 2.46. The number of piperidine rings is 1. The van der Waals surface area contributed by atoms with Crippen LogP contribution in [0.25, 0.3) is 0 Å². The summed E-state index contributed by atoms with van der Waals surface area (Å²) in [7, 11) is 0. The summed E-state index contributed by atoms with van der Waals surface area (Å²) in [5.74, 6) is 7.78. The molecule has 1 aromatic heterocycles. The average Bonchev–Trinajstić information content (AvgIpc) is 3.44. The van der Waals surface area contributed by atoms with Gasteiger partial charge in [-0.25, -0.2) is 0 Å². The number of nitrogens with zero attached hydrogens (tertiary/aromatic N) is 1. The van der Waals surface area contributed by atoms with Crippen LogP contribution in [0.3, 0.4) is 0 Å². The van der Waals surface area contributed by atoms with Gasteiger partial charge < -0.3 is 19.8 Å². The van der Waals surface area contributed by atoms with E-state index in [1.807, 2.05) is 35.2 Å². The molecule has 1 saturated heterocycles. The molecular weight excluding hydrogens is 400 g/mol. The molecule has 1 amide bonds. The third kappa shape index (κ3) is 3.90. The fraction of sp³-hybridized carbons (Fsp3) is 0.296. The maximum atomic E-state index is 13.0. The van der Waals surface area contributed by atoms with Crippen molar-refractivity contribution in [3.05, 3.63) is 88.9 Å². The van der Waals surface area contributed by atoms with Crippen molar-refractivity contribution in [3.8, 4) is 17.6 Å². The third-order valence-electron chi connectivity index (χ3n) is 6.48. The monoisotopic (exact) mass is 426 g/mol. The molecule has 3 heterocycles. The number of fused-ring (bicyclic) bond motifs is 2. The molecule has 32 heavy (non-hydrogen) atoms. The highest BCUT2D eigenvalue weighted by atomic mass is 16.5. The van der Waals surface area contributed by atoms with E-state index < -0.39 is 0 Å². The maximum absolute atomic E-state index is 13.0. The highest BCUT2D eigenvalue weighted by molar-refractivity contribution is 5.91. The van der Waals surface area contributed by atoms with Crippen LogP contribution in [-0.4, -0.2) is 37.0 Å². The molecule has 3 aromatic rings. The second-order valence-corrected chi connectivity index (χ2v) is 8.51. The molecular formula is C27H26N2O3. The minimum absolute atomic E-state index is 0.0216. The molecule has 2 aliphatic rings. The van der Waals surface area contributed by atoms with E-state index in [4.69, 9.17) is 14.9 Å². The first-order valence-electron chi connectivity index (χ1n) is 11.1. The summed E-state index contributed by atoms with van der Waals surface area (Å²) >= 11 is 0. The van der Waals surface area contributed by atoms with Gasteiger partial charge in [-0.3, -0.25) is 4.79 Å². The molecule has 0 radical (unpaired) electrons. The number of benzene rings is 2. The van der Waals surface area contributed by atoms with Crippen molar-refractivity contribution < 1.29 is 13.9 Å². The molecule has 0 saturated carbocycles. The fourth-order valence-electron chi connectivity index (χ4n) is 4.62. The number of nitrogens with two attached hydrogens (primary N) is 1. The van der Waals surface area contributed by atoms with Gasteiger partial charge in [-0.05, 0) is 67.6 Å². The fourth-order valence-corrected chi connectivity index (χ4v) is 4.62. The van der Waals surface area contributed by atoms with E-state index in [-0.39, 0.29) is 11.3 Å². The first-order chi connectivity index (χ1) is 15.7. The molecule has 1 fully saturated rings. The summed E-state index contributed by atoms with van der Waals surface area (Å²) in [5, 5.41) is 0. The van der Waals surface area contributed by atoms with Gasteiger partial charge in [0.15, 0.2) is 11.5 Å². The van der Waals surface area contributed by atoms with Gasteiger partial charge in [0.2, 0.25) is 0 Å². The van der Waals surface area contributed by atoms with E-state index >= 15 is 0 Å². The van der Waals surface area contributed by atoms with Crippen molar-refractivity contribution >= 4 is 5.91 Å². The van der Waals surface area contributed by atoms with Gasteiger partial charge in [0.1, 0.15) is 5.75 Å². The van der Waals surface area contributed by atoms with E-state index in [2.05, 4.69) is 30.0 Å². The standard InChI is InChI=1S/C27H26N2O3/c28-15-12-21-7-10-24-23(18-21)27(19-31-24)13-16-29(17-14-27)26(30)25-11-9-22(32-25)8-6-20-4-2-1-3-5-20/h1-5,7,9-11,18H,12-17,19,28H2. The van der Waals surface area contributed by atoms with Crippen molar-refractivity contribution in [2.75, 3.05) is 26.2 Å². The van der Waals surface area contributed by atoms with Crippen LogP contribution < -0.4 is 10.5 Å². The Morgan fingerprint density at radius 2 is 1.84 bits per heavy atom. The predicted octanol–water partition coefficient (Wildman–Crippen LogP) is 3.75. The van der Waals surface area contributed by atoms with Crippen molar-refractivity contribution in [3.63, 3.8) is 0 Å². The molecule has 5 rings (SSSR count). The van der Waals surface area contributed by atoms with Gasteiger partial charge in [-0.2, -0.15) is 0 Å². The normalized spacial score (nSPS) is 16.2. The smallest absolute Gasteiger partial charge is 0.289 e. The van der Waals surface area contributed by atoms with E-state index in [0.29, 0.717) is 37.8 Å². The molecule has 1 spiro atoms. The van der Waals surface area contributed by atoms with Gasteiger partial charge in [0.05, 0.1) is 6.61 Å². The molecule has 2 aliphatic heterocycles. The lowest BCUT2D eigenvalue weighted by Gasteiger charge is -2.38. The van der Waals surface area contributed by atoms with Crippen LogP contribution in [0.15, 0.2) is 65.1 Å². The van der Waals surface area contributed by atoms with Crippen LogP contribution in [-0.2, 0) is 11.8 Å². The van der Waals surface area contributed by atoms with Gasteiger partial charge in [0.25, 0.3) is 5.91 Å². The molecule has 2 N–H and O–H groups in total. The number of likely N-dealkylation sites (tertiary alicyclic amines) is 1. The number of furan rings is 1. The Morgan fingerprint density at radius 3 is 2.62 bits per heavy atom. The van der Waals surface area contributed by atoms with Crippen molar-refractivity contribution in [1.29, 1.82) is 0 Å². The van der Waals surface area contributed by atoms with Crippen LogP contribution in [0.2, 0.25) is 0 Å². The molecule has 0 bridgehead atoms. The second kappa shape index (κ2) is 8.57. The summed E-state index contributed by atoms with van der Waals surface area (Å²) in [4.78, 5) is 14.9. The van der Waals surface area contributed by atoms with Crippen LogP contribution in [0.4, 0.5) is 0 Å². The first-order valence-corrected chi connectivity index (χ1v) is 11.1. The summed E-state index contributed by atoms with van der Waals surface area (Å²) in [6.45, 7) is 2.66. The van der Waals surface area contributed by atoms with Crippen LogP contribution >= 0.6 is 0 Å². The number of rotatable bonds is 3. The Labute approximate surface area is 188 Å². The number of amides is 1. The number of ether oxygens (including phenoxy) is 1. The lowest BCUT2D eigenvalue weighted by molar-refractivity contribution is 0.0615. The molecule has 0 atom stereocenters. The molecule has 162 valence electrons. The van der Waals surface area contributed by atoms with Crippen LogP contribution in [0.5, 0.6) is 5.75 Å². The quantitative estimate of drug-likeness (QED) is 0.648. The Morgan fingerprint density at radius 1 is 1.03 bits per heavy atom. The second-order valence-electron chi connectivity index (χ2n) is 8.51. The van der Waals surface area contributed by atoms with E-state index in [1.165, 1.54) is 11.1 Å². The van der Waals surface area contributed by atoms with Gasteiger partial charge in [-0.1, -0.05) is 36.3 Å². The zero-order chi connectivity index (χ0) is 22.0. The number of hydrogen-bond donors (Lipinski definition) is 1. The Kier molecular flexibility index (Phi) is 5.46. The summed E-state index contributed by atoms with van der Waals surface area (Å²) in [5.41, 5.74) is 9.14. The topological polar surface area (TPSA) is 68.7 Å². The Bertz CT molecular complexity index is 1180. The molecule has 5 heteroatoms. The van der Waals surface area contributed by atoms with E-state index in [1.54, 1.807) is 12.1 Å². The minimum Gasteiger partial charge on any atom is -0.492 e. The summed E-state index contributed by atoms with van der Waals surface area (Å²) < 4.78 is 11.7. The predicted molar refractivity (Wildman–Crippen MR) is 123 cm³/mol.